The third-order valence-corrected chi connectivity index (χ3v) is 5.32. The maximum atomic E-state index is 14.3. The van der Waals surface area contributed by atoms with E-state index in [9.17, 15) is 9.18 Å². The number of carbonyl (C=O) groups is 1. The van der Waals surface area contributed by atoms with E-state index in [1.165, 1.54) is 6.20 Å². The predicted octanol–water partition coefficient (Wildman–Crippen LogP) is 1.27. The molecule has 3 N–H and O–H groups in total. The Morgan fingerprint density at radius 1 is 1.45 bits per heavy atom. The molecule has 0 saturated carbocycles. The van der Waals surface area contributed by atoms with Crippen LogP contribution >= 0.6 is 0 Å². The molecular formula is C20H26FN7O. The van der Waals surface area contributed by atoms with Gasteiger partial charge < -0.3 is 20.5 Å². The summed E-state index contributed by atoms with van der Waals surface area (Å²) in [5.41, 5.74) is 1.65. The highest BCUT2D eigenvalue weighted by molar-refractivity contribution is 5.74. The first-order valence-corrected chi connectivity index (χ1v) is 10.2. The lowest BCUT2D eigenvalue weighted by atomic mass is 9.98. The molecule has 0 aliphatic carbocycles. The number of amides is 2. The molecule has 0 unspecified atom stereocenters. The zero-order valence-electron chi connectivity index (χ0n) is 16.5. The van der Waals surface area contributed by atoms with Gasteiger partial charge in [0.25, 0.3) is 0 Å². The summed E-state index contributed by atoms with van der Waals surface area (Å²) in [6, 6.07) is -0.0356. The van der Waals surface area contributed by atoms with Gasteiger partial charge in [0.1, 0.15) is 5.49 Å². The second kappa shape index (κ2) is 8.59. The number of rotatable bonds is 5. The summed E-state index contributed by atoms with van der Waals surface area (Å²) >= 11 is 0. The predicted molar refractivity (Wildman–Crippen MR) is 108 cm³/mol. The fourth-order valence-corrected chi connectivity index (χ4v) is 3.87. The Labute approximate surface area is 168 Å². The first-order chi connectivity index (χ1) is 14.2. The highest BCUT2D eigenvalue weighted by atomic mass is 19.1. The van der Waals surface area contributed by atoms with Crippen LogP contribution in [-0.4, -0.2) is 58.6 Å². The van der Waals surface area contributed by atoms with Crippen LogP contribution in [0.4, 0.5) is 15.0 Å². The summed E-state index contributed by atoms with van der Waals surface area (Å²) < 4.78 is 14.3. The second-order valence-electron chi connectivity index (χ2n) is 7.40. The van der Waals surface area contributed by atoms with Crippen LogP contribution in [-0.2, 0) is 0 Å². The highest BCUT2D eigenvalue weighted by Crippen LogP contribution is 2.19. The Balaban J connectivity index is 1.47. The average molecular weight is 399 g/mol. The molecule has 9 heteroatoms. The van der Waals surface area contributed by atoms with E-state index in [2.05, 4.69) is 36.7 Å². The van der Waals surface area contributed by atoms with Gasteiger partial charge in [-0.1, -0.05) is 6.08 Å². The molecule has 0 spiro atoms. The number of nitrogens with one attached hydrogen (secondary N) is 3. The fraction of sp³-hybridized carbons (Fsp3) is 0.500. The van der Waals surface area contributed by atoms with Crippen molar-refractivity contribution in [2.45, 2.75) is 26.2 Å². The molecule has 1 fully saturated rings. The number of piperidine rings is 1. The van der Waals surface area contributed by atoms with Crippen molar-refractivity contribution < 1.29 is 9.18 Å². The van der Waals surface area contributed by atoms with Gasteiger partial charge >= 0.3 is 6.03 Å². The van der Waals surface area contributed by atoms with Gasteiger partial charge in [-0.15, -0.1) is 0 Å². The van der Waals surface area contributed by atoms with Gasteiger partial charge in [0.2, 0.25) is 0 Å². The van der Waals surface area contributed by atoms with Crippen LogP contribution in [0.1, 0.15) is 26.2 Å². The van der Waals surface area contributed by atoms with Crippen molar-refractivity contribution in [3.8, 4) is 11.4 Å². The molecule has 2 aromatic rings. The number of hydrogen-bond donors (Lipinski definition) is 3. The van der Waals surface area contributed by atoms with Crippen LogP contribution in [0.3, 0.4) is 0 Å². The number of H-pyrrole nitrogens is 1. The topological polar surface area (TPSA) is 98.3 Å². The fourth-order valence-electron chi connectivity index (χ4n) is 3.87. The van der Waals surface area contributed by atoms with Crippen LogP contribution in [0.2, 0.25) is 0 Å². The Kier molecular flexibility index (Phi) is 5.73. The quantitative estimate of drug-likeness (QED) is 0.705. The summed E-state index contributed by atoms with van der Waals surface area (Å²) in [6.45, 7) is 5.24. The molecule has 0 aromatic carbocycles. The van der Waals surface area contributed by atoms with Gasteiger partial charge in [0, 0.05) is 49.7 Å². The minimum absolute atomic E-state index is 0.0356. The van der Waals surface area contributed by atoms with Crippen LogP contribution in [0.25, 0.3) is 17.5 Å². The number of aromatic amines is 1. The molecule has 2 amide bonds. The number of nitrogens with zero attached hydrogens (tertiary/aromatic N) is 4. The maximum absolute atomic E-state index is 14.3. The summed E-state index contributed by atoms with van der Waals surface area (Å²) in [7, 11) is 0. The van der Waals surface area contributed by atoms with Gasteiger partial charge in [-0.05, 0) is 32.1 Å². The zero-order valence-corrected chi connectivity index (χ0v) is 16.5. The van der Waals surface area contributed by atoms with Crippen molar-refractivity contribution in [3.05, 3.63) is 28.9 Å². The SMILES string of the molecule is CCNC(=O)N1CCC[C@H](CNc2nc(-c3c[nH]c4c3=CCCN=4)ncc2F)C1. The lowest BCUT2D eigenvalue weighted by molar-refractivity contribution is 0.169. The van der Waals surface area contributed by atoms with Crippen molar-refractivity contribution in [2.75, 3.05) is 38.0 Å². The van der Waals surface area contributed by atoms with E-state index >= 15 is 0 Å². The van der Waals surface area contributed by atoms with E-state index in [1.807, 2.05) is 18.0 Å². The van der Waals surface area contributed by atoms with E-state index in [1.54, 1.807) is 0 Å². The third kappa shape index (κ3) is 4.23. The maximum Gasteiger partial charge on any atom is 0.317 e. The summed E-state index contributed by atoms with van der Waals surface area (Å²) in [6.07, 6.45) is 7.92. The Morgan fingerprint density at radius 2 is 2.34 bits per heavy atom. The number of anilines is 1. The van der Waals surface area contributed by atoms with E-state index in [-0.39, 0.29) is 17.8 Å². The number of carbonyl (C=O) groups excluding carboxylic acids is 1. The van der Waals surface area contributed by atoms with E-state index in [4.69, 9.17) is 0 Å². The Hall–Kier alpha value is -2.97. The summed E-state index contributed by atoms with van der Waals surface area (Å²) in [4.78, 5) is 30.1. The molecule has 2 aliphatic heterocycles. The van der Waals surface area contributed by atoms with Gasteiger partial charge in [-0.25, -0.2) is 19.2 Å². The van der Waals surface area contributed by atoms with Crippen molar-refractivity contribution >= 4 is 17.9 Å². The van der Waals surface area contributed by atoms with Gasteiger partial charge in [0.05, 0.1) is 6.20 Å². The van der Waals surface area contributed by atoms with Gasteiger partial charge in [-0.2, -0.15) is 0 Å². The Morgan fingerprint density at radius 3 is 3.21 bits per heavy atom. The molecule has 0 bridgehead atoms. The number of halogens is 1. The average Bonchev–Trinajstić information content (AvgIpc) is 3.18. The molecule has 2 aliphatic rings. The zero-order chi connectivity index (χ0) is 20.2. The minimum atomic E-state index is -0.483. The highest BCUT2D eigenvalue weighted by Gasteiger charge is 2.23. The number of likely N-dealkylation sites (tertiary alicyclic amines) is 1. The van der Waals surface area contributed by atoms with Crippen molar-refractivity contribution in [3.63, 3.8) is 0 Å². The van der Waals surface area contributed by atoms with E-state index < -0.39 is 5.82 Å². The first kappa shape index (κ1) is 19.4. The monoisotopic (exact) mass is 399 g/mol. The molecule has 1 saturated heterocycles. The van der Waals surface area contributed by atoms with Crippen molar-refractivity contribution in [1.29, 1.82) is 0 Å². The Bertz CT molecular complexity index is 1000. The van der Waals surface area contributed by atoms with E-state index in [0.29, 0.717) is 25.5 Å². The van der Waals surface area contributed by atoms with Crippen LogP contribution < -0.4 is 21.3 Å². The van der Waals surface area contributed by atoms with Crippen LogP contribution in [0, 0.1) is 11.7 Å². The van der Waals surface area contributed by atoms with Crippen LogP contribution in [0.5, 0.6) is 0 Å². The van der Waals surface area contributed by atoms with Crippen LogP contribution in [0.15, 0.2) is 17.4 Å². The lowest BCUT2D eigenvalue weighted by Gasteiger charge is -2.32. The van der Waals surface area contributed by atoms with Crippen molar-refractivity contribution in [2.24, 2.45) is 10.9 Å². The molecule has 0 radical (unpaired) electrons. The van der Waals surface area contributed by atoms with E-state index in [0.717, 1.165) is 48.6 Å². The molecule has 2 aromatic heterocycles. The molecule has 8 nitrogen and oxygen atoms in total. The lowest BCUT2D eigenvalue weighted by Crippen LogP contribution is -2.46. The number of aromatic nitrogens is 3. The largest absolute Gasteiger partial charge is 0.367 e. The number of hydrogen-bond acceptors (Lipinski definition) is 5. The molecule has 4 rings (SSSR count). The van der Waals surface area contributed by atoms with Gasteiger partial charge in [0.15, 0.2) is 17.5 Å². The first-order valence-electron chi connectivity index (χ1n) is 10.2. The standard InChI is InChI=1S/C20H26FN7O/c1-2-22-20(29)28-8-4-5-13(12-28)9-24-19-16(21)11-26-18(27-19)15-10-25-17-14(15)6-3-7-23-17/h6,10-11,13H,2-5,7-9,12H2,1H3,(H,22,29)(H,23,25)(H,24,26,27)/t13-/m1/s1. The summed E-state index contributed by atoms with van der Waals surface area (Å²) in [5.74, 6) is 0.416. The molecule has 29 heavy (non-hydrogen) atoms. The minimum Gasteiger partial charge on any atom is -0.367 e. The second-order valence-corrected chi connectivity index (χ2v) is 7.40. The smallest absolute Gasteiger partial charge is 0.317 e. The molecule has 154 valence electrons. The molecule has 4 heterocycles. The molecular weight excluding hydrogens is 373 g/mol. The van der Waals surface area contributed by atoms with Crippen molar-refractivity contribution in [1.82, 2.24) is 25.2 Å². The molecule has 1 atom stereocenters. The normalized spacial score (nSPS) is 18.4. The summed E-state index contributed by atoms with van der Waals surface area (Å²) in [5, 5.41) is 6.94. The third-order valence-electron chi connectivity index (χ3n) is 5.32. The van der Waals surface area contributed by atoms with Gasteiger partial charge in [-0.3, -0.25) is 4.99 Å². The number of fused-ring (bicyclic) bond motifs is 1. The number of urea groups is 1.